The van der Waals surface area contributed by atoms with E-state index in [0.29, 0.717) is 19.1 Å². The summed E-state index contributed by atoms with van der Waals surface area (Å²) in [6.07, 6.45) is 1.03. The Labute approximate surface area is 125 Å². The van der Waals surface area contributed by atoms with Gasteiger partial charge in [0.25, 0.3) is 0 Å². The van der Waals surface area contributed by atoms with Gasteiger partial charge < -0.3 is 15.2 Å². The summed E-state index contributed by atoms with van der Waals surface area (Å²) in [6.45, 7) is 5.97. The van der Waals surface area contributed by atoms with Gasteiger partial charge in [-0.25, -0.2) is 0 Å². The molecule has 1 fully saturated rings. The number of carbonyl (C=O) groups excluding carboxylic acids is 1. The fraction of sp³-hybridized carbons (Fsp3) is 0.562. The summed E-state index contributed by atoms with van der Waals surface area (Å²) >= 11 is 0. The zero-order valence-electron chi connectivity index (χ0n) is 12.7. The lowest BCUT2D eigenvalue weighted by Gasteiger charge is -2.24. The second-order valence-corrected chi connectivity index (χ2v) is 5.49. The normalized spacial score (nSPS) is 22.2. The van der Waals surface area contributed by atoms with Crippen molar-refractivity contribution in [2.45, 2.75) is 26.3 Å². The first-order chi connectivity index (χ1) is 10.1. The highest BCUT2D eigenvalue weighted by Gasteiger charge is 2.31. The molecule has 2 atom stereocenters. The summed E-state index contributed by atoms with van der Waals surface area (Å²) in [5.41, 5.74) is 0.760. The molecule has 1 saturated heterocycles. The first-order valence-electron chi connectivity index (χ1n) is 7.51. The fourth-order valence-corrected chi connectivity index (χ4v) is 2.77. The van der Waals surface area contributed by atoms with Crippen LogP contribution in [-0.2, 0) is 4.79 Å². The predicted octanol–water partition coefficient (Wildman–Crippen LogP) is 1.73. The van der Waals surface area contributed by atoms with E-state index < -0.39 is 0 Å². The third-order valence-electron chi connectivity index (χ3n) is 3.98. The van der Waals surface area contributed by atoms with E-state index in [2.05, 4.69) is 17.1 Å². The Morgan fingerprint density at radius 1 is 1.43 bits per heavy atom. The van der Waals surface area contributed by atoms with Crippen LogP contribution in [0.2, 0.25) is 0 Å². The number of aliphatic hydroxyl groups is 1. The quantitative estimate of drug-likeness (QED) is 0.838. The second-order valence-electron chi connectivity index (χ2n) is 5.49. The van der Waals surface area contributed by atoms with Crippen molar-refractivity contribution in [3.63, 3.8) is 0 Å². The molecule has 0 radical (unpaired) electrons. The minimum atomic E-state index is -0.0493. The molecular weight excluding hydrogens is 268 g/mol. The number of carbonyl (C=O) groups is 1. The van der Waals surface area contributed by atoms with Crippen molar-refractivity contribution in [3.05, 3.63) is 24.3 Å². The molecule has 116 valence electrons. The molecule has 2 N–H and O–H groups in total. The third kappa shape index (κ3) is 4.19. The van der Waals surface area contributed by atoms with E-state index in [9.17, 15) is 9.90 Å². The molecule has 1 heterocycles. The molecule has 1 aliphatic heterocycles. The van der Waals surface area contributed by atoms with E-state index in [-0.39, 0.29) is 18.6 Å². The van der Waals surface area contributed by atoms with Crippen LogP contribution in [-0.4, -0.2) is 48.3 Å². The first-order valence-corrected chi connectivity index (χ1v) is 7.51. The van der Waals surface area contributed by atoms with Crippen molar-refractivity contribution < 1.29 is 14.6 Å². The SMILES string of the molecule is CCOc1ccc(NC(=O)CN2CCC(C)C2CO)cc1. The lowest BCUT2D eigenvalue weighted by atomic mass is 10.0. The van der Waals surface area contributed by atoms with Crippen LogP contribution >= 0.6 is 0 Å². The minimum absolute atomic E-state index is 0.0493. The van der Waals surface area contributed by atoms with Crippen LogP contribution < -0.4 is 10.1 Å². The number of anilines is 1. The highest BCUT2D eigenvalue weighted by Crippen LogP contribution is 2.23. The smallest absolute Gasteiger partial charge is 0.238 e. The van der Waals surface area contributed by atoms with Crippen molar-refractivity contribution in [1.82, 2.24) is 4.90 Å². The van der Waals surface area contributed by atoms with E-state index in [1.165, 1.54) is 0 Å². The number of hydrogen-bond donors (Lipinski definition) is 2. The Hall–Kier alpha value is -1.59. The fourth-order valence-electron chi connectivity index (χ4n) is 2.77. The van der Waals surface area contributed by atoms with E-state index in [0.717, 1.165) is 24.4 Å². The Morgan fingerprint density at radius 3 is 2.76 bits per heavy atom. The summed E-state index contributed by atoms with van der Waals surface area (Å²) in [5, 5.41) is 12.3. The van der Waals surface area contributed by atoms with Crippen LogP contribution in [0.5, 0.6) is 5.75 Å². The van der Waals surface area contributed by atoms with E-state index >= 15 is 0 Å². The third-order valence-corrected chi connectivity index (χ3v) is 3.98. The molecule has 2 rings (SSSR count). The summed E-state index contributed by atoms with van der Waals surface area (Å²) in [7, 11) is 0. The minimum Gasteiger partial charge on any atom is -0.494 e. The second kappa shape index (κ2) is 7.43. The topological polar surface area (TPSA) is 61.8 Å². The molecule has 0 saturated carbocycles. The van der Waals surface area contributed by atoms with E-state index in [4.69, 9.17) is 4.74 Å². The number of benzene rings is 1. The zero-order valence-corrected chi connectivity index (χ0v) is 12.7. The summed E-state index contributed by atoms with van der Waals surface area (Å²) < 4.78 is 5.37. The molecule has 1 aromatic rings. The Morgan fingerprint density at radius 2 is 2.14 bits per heavy atom. The zero-order chi connectivity index (χ0) is 15.2. The lowest BCUT2D eigenvalue weighted by molar-refractivity contribution is -0.117. The number of nitrogens with one attached hydrogen (secondary N) is 1. The van der Waals surface area contributed by atoms with Crippen molar-refractivity contribution >= 4 is 11.6 Å². The average Bonchev–Trinajstić information content (AvgIpc) is 2.81. The van der Waals surface area contributed by atoms with Crippen molar-refractivity contribution in [3.8, 4) is 5.75 Å². The van der Waals surface area contributed by atoms with Crippen LogP contribution in [0.1, 0.15) is 20.3 Å². The molecule has 1 aliphatic rings. The van der Waals surface area contributed by atoms with Crippen LogP contribution in [0.15, 0.2) is 24.3 Å². The highest BCUT2D eigenvalue weighted by atomic mass is 16.5. The molecule has 1 amide bonds. The van der Waals surface area contributed by atoms with Crippen LogP contribution in [0.25, 0.3) is 0 Å². The number of nitrogens with zero attached hydrogens (tertiary/aromatic N) is 1. The number of aliphatic hydroxyl groups excluding tert-OH is 1. The average molecular weight is 292 g/mol. The number of rotatable bonds is 6. The van der Waals surface area contributed by atoms with Gasteiger partial charge in [0.1, 0.15) is 5.75 Å². The van der Waals surface area contributed by atoms with Gasteiger partial charge in [0.2, 0.25) is 5.91 Å². The first kappa shape index (κ1) is 15.8. The maximum absolute atomic E-state index is 12.1. The van der Waals surface area contributed by atoms with Gasteiger partial charge in [-0.1, -0.05) is 6.92 Å². The van der Waals surface area contributed by atoms with Gasteiger partial charge in [0.15, 0.2) is 0 Å². The van der Waals surface area contributed by atoms with Gasteiger partial charge >= 0.3 is 0 Å². The van der Waals surface area contributed by atoms with Gasteiger partial charge in [-0.2, -0.15) is 0 Å². The molecule has 0 bridgehead atoms. The van der Waals surface area contributed by atoms with Gasteiger partial charge in [0, 0.05) is 11.7 Å². The molecule has 2 unspecified atom stereocenters. The van der Waals surface area contributed by atoms with Gasteiger partial charge in [-0.3, -0.25) is 9.69 Å². The number of hydrogen-bond acceptors (Lipinski definition) is 4. The molecule has 5 nitrogen and oxygen atoms in total. The molecule has 5 heteroatoms. The van der Waals surface area contributed by atoms with Gasteiger partial charge in [0.05, 0.1) is 19.8 Å². The van der Waals surface area contributed by atoms with Gasteiger partial charge in [-0.05, 0) is 50.1 Å². The maximum atomic E-state index is 12.1. The molecule has 21 heavy (non-hydrogen) atoms. The largest absolute Gasteiger partial charge is 0.494 e. The summed E-state index contributed by atoms with van der Waals surface area (Å²) in [5.74, 6) is 1.18. The van der Waals surface area contributed by atoms with Crippen molar-refractivity contribution in [2.75, 3.05) is 31.6 Å². The molecule has 0 aliphatic carbocycles. The molecule has 0 spiro atoms. The van der Waals surface area contributed by atoms with E-state index in [1.54, 1.807) is 0 Å². The number of likely N-dealkylation sites (tertiary alicyclic amines) is 1. The van der Waals surface area contributed by atoms with Crippen LogP contribution in [0.4, 0.5) is 5.69 Å². The maximum Gasteiger partial charge on any atom is 0.238 e. The van der Waals surface area contributed by atoms with E-state index in [1.807, 2.05) is 31.2 Å². The van der Waals surface area contributed by atoms with Crippen LogP contribution in [0.3, 0.4) is 0 Å². The van der Waals surface area contributed by atoms with Crippen LogP contribution in [0, 0.1) is 5.92 Å². The number of amides is 1. The standard InChI is InChI=1S/C16H24N2O3/c1-3-21-14-6-4-13(5-7-14)17-16(20)10-18-9-8-12(2)15(18)11-19/h4-7,12,15,19H,3,8-11H2,1-2H3,(H,17,20). The summed E-state index contributed by atoms with van der Waals surface area (Å²) in [6, 6.07) is 7.44. The Balaban J connectivity index is 1.86. The predicted molar refractivity (Wildman–Crippen MR) is 82.5 cm³/mol. The molecular formula is C16H24N2O3. The Bertz CT molecular complexity index is 461. The number of ether oxygens (including phenoxy) is 1. The van der Waals surface area contributed by atoms with Crippen molar-refractivity contribution in [1.29, 1.82) is 0 Å². The highest BCUT2D eigenvalue weighted by molar-refractivity contribution is 5.92. The molecule has 0 aromatic heterocycles. The van der Waals surface area contributed by atoms with Gasteiger partial charge in [-0.15, -0.1) is 0 Å². The molecule has 1 aromatic carbocycles. The Kier molecular flexibility index (Phi) is 5.59. The summed E-state index contributed by atoms with van der Waals surface area (Å²) in [4.78, 5) is 14.1. The lowest BCUT2D eigenvalue weighted by Crippen LogP contribution is -2.40. The monoisotopic (exact) mass is 292 g/mol. The van der Waals surface area contributed by atoms with Crippen molar-refractivity contribution in [2.24, 2.45) is 5.92 Å².